The number of rotatable bonds is 4. The summed E-state index contributed by atoms with van der Waals surface area (Å²) in [5.41, 5.74) is 0. The summed E-state index contributed by atoms with van der Waals surface area (Å²) in [5.74, 6) is 0.506. The van der Waals surface area contributed by atoms with E-state index in [1.807, 2.05) is 0 Å². The fraction of sp³-hybridized carbons (Fsp3) is 0.800. The molecule has 0 unspecified atom stereocenters. The van der Waals surface area contributed by atoms with Crippen molar-refractivity contribution in [3.05, 3.63) is 11.7 Å². The molecule has 8 heteroatoms. The van der Waals surface area contributed by atoms with Gasteiger partial charge in [-0.2, -0.15) is 18.2 Å². The largest absolute Gasteiger partial charge is 0.389 e. The highest BCUT2D eigenvalue weighted by Gasteiger charge is 2.27. The number of hydrogen-bond acceptors (Lipinski definition) is 5. The highest BCUT2D eigenvalue weighted by molar-refractivity contribution is 4.88. The monoisotopic (exact) mass is 264 g/mol. The minimum Gasteiger partial charge on any atom is -0.338 e. The van der Waals surface area contributed by atoms with Crippen LogP contribution in [0, 0.1) is 0 Å². The minimum atomic E-state index is -4.18. The second-order valence-electron chi connectivity index (χ2n) is 4.25. The van der Waals surface area contributed by atoms with Crippen LogP contribution in [-0.4, -0.2) is 47.4 Å². The molecule has 0 aromatic carbocycles. The Labute approximate surface area is 102 Å². The fourth-order valence-electron chi connectivity index (χ4n) is 1.77. The van der Waals surface area contributed by atoms with Crippen molar-refractivity contribution in [2.24, 2.45) is 0 Å². The Kier molecular flexibility index (Phi) is 4.18. The number of aromatic nitrogens is 2. The summed E-state index contributed by atoms with van der Waals surface area (Å²) in [6.45, 7) is 4.05. The van der Waals surface area contributed by atoms with Gasteiger partial charge in [-0.15, -0.1) is 0 Å². The van der Waals surface area contributed by atoms with E-state index < -0.39 is 12.6 Å². The van der Waals surface area contributed by atoms with Crippen LogP contribution in [0.1, 0.15) is 18.1 Å². The Morgan fingerprint density at radius 1 is 1.28 bits per heavy atom. The molecule has 102 valence electrons. The number of aryl methyl sites for hydroxylation is 1. The fourth-order valence-corrected chi connectivity index (χ4v) is 1.77. The summed E-state index contributed by atoms with van der Waals surface area (Å²) in [6.07, 6.45) is -5.33. The van der Waals surface area contributed by atoms with Crippen molar-refractivity contribution >= 4 is 0 Å². The summed E-state index contributed by atoms with van der Waals surface area (Å²) in [6, 6.07) is 0. The first kappa shape index (κ1) is 13.3. The molecule has 0 radical (unpaired) electrons. The third kappa shape index (κ3) is 4.26. The molecule has 0 amide bonds. The van der Waals surface area contributed by atoms with E-state index in [1.54, 1.807) is 0 Å². The molecule has 0 saturated carbocycles. The second-order valence-corrected chi connectivity index (χ2v) is 4.25. The maximum absolute atomic E-state index is 12.0. The smallest absolute Gasteiger partial charge is 0.338 e. The average Bonchev–Trinajstić information content (AvgIpc) is 2.75. The van der Waals surface area contributed by atoms with Crippen molar-refractivity contribution in [3.8, 4) is 0 Å². The average molecular weight is 264 g/mol. The number of hydrogen-bond donors (Lipinski definition) is 1. The zero-order valence-electron chi connectivity index (χ0n) is 9.83. The van der Waals surface area contributed by atoms with Gasteiger partial charge in [0.05, 0.1) is 13.0 Å². The van der Waals surface area contributed by atoms with Gasteiger partial charge >= 0.3 is 6.18 Å². The zero-order valence-corrected chi connectivity index (χ0v) is 9.83. The third-order valence-electron chi connectivity index (χ3n) is 2.71. The lowest BCUT2D eigenvalue weighted by Crippen LogP contribution is -2.42. The Morgan fingerprint density at radius 2 is 2.00 bits per heavy atom. The van der Waals surface area contributed by atoms with E-state index in [-0.39, 0.29) is 12.2 Å². The molecule has 1 fully saturated rings. The lowest BCUT2D eigenvalue weighted by Gasteiger charge is -2.25. The predicted molar refractivity (Wildman–Crippen MR) is 56.8 cm³/mol. The number of piperazine rings is 1. The van der Waals surface area contributed by atoms with Gasteiger partial charge in [0.15, 0.2) is 5.82 Å². The van der Waals surface area contributed by atoms with Crippen LogP contribution in [0.25, 0.3) is 0 Å². The van der Waals surface area contributed by atoms with Crippen LogP contribution in [0.3, 0.4) is 0 Å². The number of nitrogens with one attached hydrogen (secondary N) is 1. The van der Waals surface area contributed by atoms with Gasteiger partial charge in [0.25, 0.3) is 0 Å². The Hall–Kier alpha value is -1.15. The van der Waals surface area contributed by atoms with E-state index in [1.165, 1.54) is 0 Å². The van der Waals surface area contributed by atoms with Crippen LogP contribution in [-0.2, 0) is 13.0 Å². The van der Waals surface area contributed by atoms with Crippen molar-refractivity contribution in [2.75, 3.05) is 26.2 Å². The molecular weight excluding hydrogens is 249 g/mol. The van der Waals surface area contributed by atoms with Crippen LogP contribution in [0.15, 0.2) is 4.52 Å². The first-order chi connectivity index (χ1) is 8.53. The van der Waals surface area contributed by atoms with E-state index in [0.29, 0.717) is 12.4 Å². The van der Waals surface area contributed by atoms with Crippen LogP contribution >= 0.6 is 0 Å². The van der Waals surface area contributed by atoms with Gasteiger partial charge in [0, 0.05) is 32.6 Å². The molecule has 1 N–H and O–H groups in total. The molecule has 18 heavy (non-hydrogen) atoms. The van der Waals surface area contributed by atoms with Gasteiger partial charge in [-0.3, -0.25) is 4.90 Å². The second kappa shape index (κ2) is 5.66. The molecular formula is C10H15F3N4O. The molecule has 1 aromatic heterocycles. The molecule has 1 aliphatic rings. The normalized spacial score (nSPS) is 18.2. The Bertz CT molecular complexity index is 373. The summed E-state index contributed by atoms with van der Waals surface area (Å²) in [7, 11) is 0. The third-order valence-corrected chi connectivity index (χ3v) is 2.71. The first-order valence-electron chi connectivity index (χ1n) is 5.84. The van der Waals surface area contributed by atoms with Gasteiger partial charge in [-0.25, -0.2) is 0 Å². The maximum Gasteiger partial charge on any atom is 0.389 e. The minimum absolute atomic E-state index is 0.123. The van der Waals surface area contributed by atoms with Gasteiger partial charge in [-0.1, -0.05) is 5.16 Å². The number of nitrogens with zero attached hydrogens (tertiary/aromatic N) is 3. The lowest BCUT2D eigenvalue weighted by atomic mass is 10.3. The Morgan fingerprint density at radius 3 is 2.67 bits per heavy atom. The summed E-state index contributed by atoms with van der Waals surface area (Å²) < 4.78 is 41.0. The van der Waals surface area contributed by atoms with Gasteiger partial charge in [0.1, 0.15) is 0 Å². The molecule has 0 bridgehead atoms. The van der Waals surface area contributed by atoms with Crippen molar-refractivity contribution in [1.82, 2.24) is 20.4 Å². The highest BCUT2D eigenvalue weighted by Crippen LogP contribution is 2.21. The predicted octanol–water partition coefficient (Wildman–Crippen LogP) is 0.970. The van der Waals surface area contributed by atoms with Crippen LogP contribution in [0.4, 0.5) is 13.2 Å². The number of halogens is 3. The van der Waals surface area contributed by atoms with E-state index in [9.17, 15) is 13.2 Å². The topological polar surface area (TPSA) is 54.2 Å². The quantitative estimate of drug-likeness (QED) is 0.878. The molecule has 5 nitrogen and oxygen atoms in total. The molecule has 1 aliphatic heterocycles. The maximum atomic E-state index is 12.0. The van der Waals surface area contributed by atoms with Crippen molar-refractivity contribution in [1.29, 1.82) is 0 Å². The van der Waals surface area contributed by atoms with Gasteiger partial charge < -0.3 is 9.84 Å². The summed E-state index contributed by atoms with van der Waals surface area (Å²) in [5, 5.41) is 6.77. The zero-order chi connectivity index (χ0) is 13.0. The highest BCUT2D eigenvalue weighted by atomic mass is 19.4. The molecule has 0 aliphatic carbocycles. The van der Waals surface area contributed by atoms with Crippen LogP contribution in [0.5, 0.6) is 0 Å². The molecule has 0 atom stereocenters. The first-order valence-corrected chi connectivity index (χ1v) is 5.84. The van der Waals surface area contributed by atoms with Crippen molar-refractivity contribution in [3.63, 3.8) is 0 Å². The molecule has 2 heterocycles. The molecule has 2 rings (SSSR count). The van der Waals surface area contributed by atoms with E-state index in [4.69, 9.17) is 4.52 Å². The molecule has 1 aromatic rings. The lowest BCUT2D eigenvalue weighted by molar-refractivity contribution is -0.134. The molecule has 1 saturated heterocycles. The van der Waals surface area contributed by atoms with Crippen LogP contribution < -0.4 is 5.32 Å². The summed E-state index contributed by atoms with van der Waals surface area (Å²) >= 11 is 0. The number of alkyl halides is 3. The van der Waals surface area contributed by atoms with E-state index >= 15 is 0 Å². The van der Waals surface area contributed by atoms with E-state index in [0.717, 1.165) is 26.2 Å². The Balaban J connectivity index is 1.82. The summed E-state index contributed by atoms with van der Waals surface area (Å²) in [4.78, 5) is 6.09. The standard InChI is InChI=1S/C10H15F3N4O/c11-10(12,13)2-1-8-15-9(18-16-8)7-17-5-3-14-4-6-17/h14H,1-7H2. The van der Waals surface area contributed by atoms with Crippen molar-refractivity contribution in [2.45, 2.75) is 25.6 Å². The van der Waals surface area contributed by atoms with Crippen LogP contribution in [0.2, 0.25) is 0 Å². The molecule has 0 spiro atoms. The van der Waals surface area contributed by atoms with Gasteiger partial charge in [-0.05, 0) is 0 Å². The SMILES string of the molecule is FC(F)(F)CCc1noc(CN2CCNCC2)n1. The van der Waals surface area contributed by atoms with E-state index in [2.05, 4.69) is 20.4 Å². The van der Waals surface area contributed by atoms with Crippen molar-refractivity contribution < 1.29 is 17.7 Å². The van der Waals surface area contributed by atoms with Gasteiger partial charge in [0.2, 0.25) is 5.89 Å².